The number of carbonyl (C=O) groups excluding carboxylic acids is 1. The first-order valence-corrected chi connectivity index (χ1v) is 7.30. The van der Waals surface area contributed by atoms with Crippen LogP contribution in [0.3, 0.4) is 0 Å². The molecule has 0 radical (unpaired) electrons. The van der Waals surface area contributed by atoms with E-state index in [4.69, 9.17) is 0 Å². The molecule has 0 aliphatic carbocycles. The molecule has 19 heavy (non-hydrogen) atoms. The van der Waals surface area contributed by atoms with Crippen molar-refractivity contribution in [1.82, 2.24) is 5.32 Å². The molecule has 1 aromatic carbocycles. The highest BCUT2D eigenvalue weighted by molar-refractivity contribution is 6.02. The summed E-state index contributed by atoms with van der Waals surface area (Å²) < 4.78 is 0. The first kappa shape index (κ1) is 13.9. The molecule has 0 saturated carbocycles. The topological polar surface area (TPSA) is 41.1 Å². The van der Waals surface area contributed by atoms with Gasteiger partial charge in [0.2, 0.25) is 0 Å². The lowest BCUT2D eigenvalue weighted by atomic mass is 9.84. The summed E-state index contributed by atoms with van der Waals surface area (Å²) in [7, 11) is 0. The third-order valence-corrected chi connectivity index (χ3v) is 4.15. The Bertz CT molecular complexity index is 458. The standard InChI is InChI=1S/C16H24N2O/c1-4-6-9-12(5-2)16(3)17-14-11-8-7-10-13(14)15(19)18-16/h7-8,10-12,17H,4-6,9H2,1-3H3,(H,18,19)/t12-,16-/m1/s1. The monoisotopic (exact) mass is 260 g/mol. The molecular weight excluding hydrogens is 236 g/mol. The Balaban J connectivity index is 2.24. The Morgan fingerprint density at radius 2 is 1.95 bits per heavy atom. The normalized spacial score (nSPS) is 23.2. The average molecular weight is 260 g/mol. The average Bonchev–Trinajstić information content (AvgIpc) is 2.39. The molecule has 0 aromatic heterocycles. The van der Waals surface area contributed by atoms with Crippen LogP contribution in [0.4, 0.5) is 5.69 Å². The van der Waals surface area contributed by atoms with Gasteiger partial charge in [-0.15, -0.1) is 0 Å². The fraction of sp³-hybridized carbons (Fsp3) is 0.562. The highest BCUT2D eigenvalue weighted by Gasteiger charge is 2.38. The van der Waals surface area contributed by atoms with E-state index in [0.29, 0.717) is 5.92 Å². The van der Waals surface area contributed by atoms with Crippen molar-refractivity contribution in [3.05, 3.63) is 29.8 Å². The number of anilines is 1. The lowest BCUT2D eigenvalue weighted by Gasteiger charge is -2.43. The van der Waals surface area contributed by atoms with E-state index in [2.05, 4.69) is 31.4 Å². The van der Waals surface area contributed by atoms with Gasteiger partial charge in [0, 0.05) is 5.69 Å². The summed E-state index contributed by atoms with van der Waals surface area (Å²) in [5.41, 5.74) is 1.35. The van der Waals surface area contributed by atoms with Gasteiger partial charge < -0.3 is 10.6 Å². The van der Waals surface area contributed by atoms with Crippen LogP contribution in [-0.2, 0) is 0 Å². The number of rotatable bonds is 5. The zero-order chi connectivity index (χ0) is 13.9. The fourth-order valence-electron chi connectivity index (χ4n) is 2.96. The van der Waals surface area contributed by atoms with Crippen molar-refractivity contribution in [3.63, 3.8) is 0 Å². The van der Waals surface area contributed by atoms with Crippen LogP contribution in [0.2, 0.25) is 0 Å². The van der Waals surface area contributed by atoms with Crippen molar-refractivity contribution < 1.29 is 4.79 Å². The summed E-state index contributed by atoms with van der Waals surface area (Å²) in [5.74, 6) is 0.483. The summed E-state index contributed by atoms with van der Waals surface area (Å²) in [4.78, 5) is 12.2. The van der Waals surface area contributed by atoms with Crippen LogP contribution in [0.1, 0.15) is 56.8 Å². The lowest BCUT2D eigenvalue weighted by Crippen LogP contribution is -2.59. The van der Waals surface area contributed by atoms with Crippen LogP contribution in [0.15, 0.2) is 24.3 Å². The molecule has 1 heterocycles. The van der Waals surface area contributed by atoms with Gasteiger partial charge in [0.1, 0.15) is 5.66 Å². The summed E-state index contributed by atoms with van der Waals surface area (Å²) in [6, 6.07) is 7.72. The van der Waals surface area contributed by atoms with E-state index in [1.54, 1.807) is 0 Å². The number of para-hydroxylation sites is 1. The molecular formula is C16H24N2O. The minimum atomic E-state index is -0.338. The number of unbranched alkanes of at least 4 members (excludes halogenated alkanes) is 1. The highest BCUT2D eigenvalue weighted by atomic mass is 16.2. The molecule has 2 rings (SSSR count). The van der Waals surface area contributed by atoms with Gasteiger partial charge in [-0.05, 0) is 37.8 Å². The predicted molar refractivity (Wildman–Crippen MR) is 79.2 cm³/mol. The van der Waals surface area contributed by atoms with Crippen molar-refractivity contribution in [3.8, 4) is 0 Å². The van der Waals surface area contributed by atoms with Crippen molar-refractivity contribution in [2.45, 2.75) is 52.1 Å². The molecule has 1 aliphatic rings. The van der Waals surface area contributed by atoms with Crippen LogP contribution in [-0.4, -0.2) is 11.6 Å². The van der Waals surface area contributed by atoms with Gasteiger partial charge in [-0.3, -0.25) is 4.79 Å². The van der Waals surface area contributed by atoms with E-state index in [-0.39, 0.29) is 11.6 Å². The van der Waals surface area contributed by atoms with Gasteiger partial charge in [-0.25, -0.2) is 0 Å². The maximum atomic E-state index is 12.2. The second-order valence-electron chi connectivity index (χ2n) is 5.57. The van der Waals surface area contributed by atoms with Gasteiger partial charge in [0.25, 0.3) is 5.91 Å². The van der Waals surface area contributed by atoms with Gasteiger partial charge >= 0.3 is 0 Å². The predicted octanol–water partition coefficient (Wildman–Crippen LogP) is 3.77. The van der Waals surface area contributed by atoms with E-state index in [1.807, 2.05) is 24.3 Å². The largest absolute Gasteiger partial charge is 0.362 e. The molecule has 0 unspecified atom stereocenters. The molecule has 3 nitrogen and oxygen atoms in total. The van der Waals surface area contributed by atoms with Gasteiger partial charge in [0.15, 0.2) is 0 Å². The molecule has 1 aliphatic heterocycles. The Morgan fingerprint density at radius 1 is 1.21 bits per heavy atom. The second-order valence-corrected chi connectivity index (χ2v) is 5.57. The molecule has 3 heteroatoms. The maximum absolute atomic E-state index is 12.2. The Kier molecular flexibility index (Phi) is 4.13. The van der Waals surface area contributed by atoms with Crippen molar-refractivity contribution in [2.75, 3.05) is 5.32 Å². The quantitative estimate of drug-likeness (QED) is 0.846. The number of nitrogens with one attached hydrogen (secondary N) is 2. The molecule has 0 fully saturated rings. The minimum absolute atomic E-state index is 0.0341. The molecule has 1 aromatic rings. The molecule has 0 saturated heterocycles. The van der Waals surface area contributed by atoms with Crippen LogP contribution in [0.25, 0.3) is 0 Å². The number of benzene rings is 1. The third-order valence-electron chi connectivity index (χ3n) is 4.15. The molecule has 0 spiro atoms. The molecule has 2 atom stereocenters. The Hall–Kier alpha value is -1.51. The fourth-order valence-corrected chi connectivity index (χ4v) is 2.96. The molecule has 0 bridgehead atoms. The summed E-state index contributed by atoms with van der Waals surface area (Å²) in [5, 5.41) is 6.69. The van der Waals surface area contributed by atoms with E-state index >= 15 is 0 Å². The van der Waals surface area contributed by atoms with Crippen LogP contribution < -0.4 is 10.6 Å². The van der Waals surface area contributed by atoms with E-state index in [1.165, 1.54) is 12.8 Å². The SMILES string of the molecule is CCCC[C@@H](CC)[C@@]1(C)NC(=O)c2ccccc2N1. The van der Waals surface area contributed by atoms with Crippen molar-refractivity contribution >= 4 is 11.6 Å². The Morgan fingerprint density at radius 3 is 2.63 bits per heavy atom. The number of amides is 1. The van der Waals surface area contributed by atoms with E-state index < -0.39 is 0 Å². The van der Waals surface area contributed by atoms with Gasteiger partial charge in [0.05, 0.1) is 5.56 Å². The summed E-state index contributed by atoms with van der Waals surface area (Å²) >= 11 is 0. The van der Waals surface area contributed by atoms with Crippen LogP contribution >= 0.6 is 0 Å². The van der Waals surface area contributed by atoms with E-state index in [0.717, 1.165) is 24.1 Å². The summed E-state index contributed by atoms with van der Waals surface area (Å²) in [6.45, 7) is 6.50. The maximum Gasteiger partial charge on any atom is 0.255 e. The van der Waals surface area contributed by atoms with E-state index in [9.17, 15) is 4.79 Å². The van der Waals surface area contributed by atoms with Crippen LogP contribution in [0.5, 0.6) is 0 Å². The second kappa shape index (κ2) is 5.64. The van der Waals surface area contributed by atoms with Gasteiger partial charge in [-0.1, -0.05) is 38.8 Å². The number of hydrogen-bond acceptors (Lipinski definition) is 2. The number of fused-ring (bicyclic) bond motifs is 1. The molecule has 104 valence electrons. The van der Waals surface area contributed by atoms with Gasteiger partial charge in [-0.2, -0.15) is 0 Å². The first-order valence-electron chi connectivity index (χ1n) is 7.30. The lowest BCUT2D eigenvalue weighted by molar-refractivity contribution is 0.0866. The number of hydrogen-bond donors (Lipinski definition) is 2. The molecule has 1 amide bonds. The van der Waals surface area contributed by atoms with Crippen molar-refractivity contribution in [2.24, 2.45) is 5.92 Å². The molecule has 2 N–H and O–H groups in total. The zero-order valence-corrected chi connectivity index (χ0v) is 12.1. The smallest absolute Gasteiger partial charge is 0.255 e. The van der Waals surface area contributed by atoms with Crippen molar-refractivity contribution in [1.29, 1.82) is 0 Å². The number of carbonyl (C=O) groups is 1. The third kappa shape index (κ3) is 2.75. The first-order chi connectivity index (χ1) is 9.10. The highest BCUT2D eigenvalue weighted by Crippen LogP contribution is 2.32. The zero-order valence-electron chi connectivity index (χ0n) is 12.1. The Labute approximate surface area is 115 Å². The minimum Gasteiger partial charge on any atom is -0.362 e. The summed E-state index contributed by atoms with van der Waals surface area (Å²) in [6.07, 6.45) is 4.59. The van der Waals surface area contributed by atoms with Crippen LogP contribution in [0, 0.1) is 5.92 Å².